The van der Waals surface area contributed by atoms with Gasteiger partial charge in [0.25, 0.3) is 0 Å². The zero-order valence-electron chi connectivity index (χ0n) is 6.77. The number of rotatable bonds is 2. The van der Waals surface area contributed by atoms with E-state index in [0.717, 1.165) is 18.0 Å². The lowest BCUT2D eigenvalue weighted by atomic mass is 10.4. The van der Waals surface area contributed by atoms with Crippen molar-refractivity contribution in [3.63, 3.8) is 0 Å². The summed E-state index contributed by atoms with van der Waals surface area (Å²) in [6, 6.07) is 1.92. The smallest absolute Gasteiger partial charge is 0.133 e. The zero-order chi connectivity index (χ0) is 8.39. The predicted octanol–water partition coefficient (Wildman–Crippen LogP) is 1.23. The maximum absolute atomic E-state index is 4.93. The molecule has 0 atom stereocenters. The SMILES string of the molecule is Cc1cc(Cn2ccnc2)no1. The molecule has 0 fully saturated rings. The first kappa shape index (κ1) is 7.09. The van der Waals surface area contributed by atoms with Crippen LogP contribution in [0.4, 0.5) is 0 Å². The van der Waals surface area contributed by atoms with Gasteiger partial charge in [0.05, 0.1) is 12.9 Å². The minimum atomic E-state index is 0.720. The molecule has 0 bridgehead atoms. The number of hydrogen-bond donors (Lipinski definition) is 0. The molecule has 0 spiro atoms. The first-order valence-corrected chi connectivity index (χ1v) is 3.72. The summed E-state index contributed by atoms with van der Waals surface area (Å²) in [6.07, 6.45) is 5.39. The van der Waals surface area contributed by atoms with Crippen LogP contribution in [0.5, 0.6) is 0 Å². The van der Waals surface area contributed by atoms with Crippen LogP contribution < -0.4 is 0 Å². The molecule has 12 heavy (non-hydrogen) atoms. The second-order valence-corrected chi connectivity index (χ2v) is 2.66. The van der Waals surface area contributed by atoms with Crippen molar-refractivity contribution in [1.29, 1.82) is 0 Å². The van der Waals surface area contributed by atoms with E-state index in [1.165, 1.54) is 0 Å². The van der Waals surface area contributed by atoms with E-state index in [9.17, 15) is 0 Å². The number of aryl methyl sites for hydroxylation is 1. The van der Waals surface area contributed by atoms with Crippen LogP contribution in [-0.4, -0.2) is 14.7 Å². The fourth-order valence-corrected chi connectivity index (χ4v) is 1.06. The van der Waals surface area contributed by atoms with Crippen LogP contribution in [0.25, 0.3) is 0 Å². The van der Waals surface area contributed by atoms with Gasteiger partial charge >= 0.3 is 0 Å². The molecule has 2 heterocycles. The Bertz CT molecular complexity index is 350. The van der Waals surface area contributed by atoms with Crippen molar-refractivity contribution in [2.75, 3.05) is 0 Å². The van der Waals surface area contributed by atoms with Crippen LogP contribution in [0.1, 0.15) is 11.5 Å². The number of nitrogens with zero attached hydrogens (tertiary/aromatic N) is 3. The molecule has 4 nitrogen and oxygen atoms in total. The summed E-state index contributed by atoms with van der Waals surface area (Å²) in [5, 5.41) is 3.87. The lowest BCUT2D eigenvalue weighted by molar-refractivity contribution is 0.389. The Labute approximate surface area is 69.8 Å². The number of imidazole rings is 1. The van der Waals surface area contributed by atoms with Crippen molar-refractivity contribution in [3.05, 3.63) is 36.2 Å². The molecule has 0 unspecified atom stereocenters. The summed E-state index contributed by atoms with van der Waals surface area (Å²) in [5.41, 5.74) is 0.922. The normalized spacial score (nSPS) is 10.4. The van der Waals surface area contributed by atoms with E-state index in [0.29, 0.717) is 0 Å². The second kappa shape index (κ2) is 2.81. The molecular weight excluding hydrogens is 154 g/mol. The van der Waals surface area contributed by atoms with Gasteiger partial charge in [0, 0.05) is 18.5 Å². The van der Waals surface area contributed by atoms with Gasteiger partial charge in [-0.3, -0.25) is 0 Å². The third-order valence-corrected chi connectivity index (χ3v) is 1.58. The van der Waals surface area contributed by atoms with Crippen molar-refractivity contribution in [3.8, 4) is 0 Å². The third-order valence-electron chi connectivity index (χ3n) is 1.58. The van der Waals surface area contributed by atoms with Crippen molar-refractivity contribution < 1.29 is 4.52 Å². The highest BCUT2D eigenvalue weighted by Gasteiger charge is 1.99. The van der Waals surface area contributed by atoms with E-state index < -0.39 is 0 Å². The van der Waals surface area contributed by atoms with Crippen molar-refractivity contribution in [2.24, 2.45) is 0 Å². The lowest BCUT2D eigenvalue weighted by Gasteiger charge is -1.94. The molecule has 0 saturated carbocycles. The van der Waals surface area contributed by atoms with Gasteiger partial charge in [-0.2, -0.15) is 0 Å². The molecule has 0 aliphatic rings. The summed E-state index contributed by atoms with van der Waals surface area (Å²) in [4.78, 5) is 3.93. The summed E-state index contributed by atoms with van der Waals surface area (Å²) >= 11 is 0. The minimum Gasteiger partial charge on any atom is -0.361 e. The molecule has 4 heteroatoms. The zero-order valence-corrected chi connectivity index (χ0v) is 6.77. The maximum atomic E-state index is 4.93. The Balaban J connectivity index is 2.14. The van der Waals surface area contributed by atoms with E-state index in [1.807, 2.05) is 23.8 Å². The molecule has 0 aromatic carbocycles. The second-order valence-electron chi connectivity index (χ2n) is 2.66. The number of aromatic nitrogens is 3. The van der Waals surface area contributed by atoms with Crippen LogP contribution >= 0.6 is 0 Å². The molecule has 0 aliphatic heterocycles. The number of hydrogen-bond acceptors (Lipinski definition) is 3. The van der Waals surface area contributed by atoms with Gasteiger partial charge in [-0.25, -0.2) is 4.98 Å². The summed E-state index contributed by atoms with van der Waals surface area (Å²) in [5.74, 6) is 0.838. The van der Waals surface area contributed by atoms with E-state index in [2.05, 4.69) is 10.1 Å². The van der Waals surface area contributed by atoms with Crippen molar-refractivity contribution in [2.45, 2.75) is 13.5 Å². The van der Waals surface area contributed by atoms with Crippen LogP contribution in [0.3, 0.4) is 0 Å². The summed E-state index contributed by atoms with van der Waals surface area (Å²) in [7, 11) is 0. The maximum Gasteiger partial charge on any atom is 0.133 e. The molecule has 62 valence electrons. The Hall–Kier alpha value is -1.58. The monoisotopic (exact) mass is 163 g/mol. The Morgan fingerprint density at radius 2 is 2.50 bits per heavy atom. The molecule has 0 radical (unpaired) electrons. The third kappa shape index (κ3) is 1.37. The summed E-state index contributed by atoms with van der Waals surface area (Å²) < 4.78 is 6.87. The molecule has 0 aliphatic carbocycles. The largest absolute Gasteiger partial charge is 0.361 e. The van der Waals surface area contributed by atoms with Crippen molar-refractivity contribution >= 4 is 0 Å². The van der Waals surface area contributed by atoms with Gasteiger partial charge < -0.3 is 9.09 Å². The molecule has 0 N–H and O–H groups in total. The first-order chi connectivity index (χ1) is 5.84. The summed E-state index contributed by atoms with van der Waals surface area (Å²) in [6.45, 7) is 2.60. The van der Waals surface area contributed by atoms with Crippen molar-refractivity contribution in [1.82, 2.24) is 14.7 Å². The molecule has 2 rings (SSSR count). The predicted molar refractivity (Wildman–Crippen MR) is 42.6 cm³/mol. The quantitative estimate of drug-likeness (QED) is 0.668. The highest BCUT2D eigenvalue weighted by Crippen LogP contribution is 2.03. The van der Waals surface area contributed by atoms with Gasteiger partial charge in [0.1, 0.15) is 11.5 Å². The Morgan fingerprint density at radius 1 is 1.58 bits per heavy atom. The molecular formula is C8H9N3O. The lowest BCUT2D eigenvalue weighted by Crippen LogP contribution is -1.95. The van der Waals surface area contributed by atoms with Gasteiger partial charge in [0.15, 0.2) is 0 Å². The Morgan fingerprint density at radius 3 is 3.08 bits per heavy atom. The average molecular weight is 163 g/mol. The fraction of sp³-hybridized carbons (Fsp3) is 0.250. The molecule has 0 saturated heterocycles. The van der Waals surface area contributed by atoms with E-state index in [-0.39, 0.29) is 0 Å². The standard InChI is InChI=1S/C8H9N3O/c1-7-4-8(10-12-7)5-11-3-2-9-6-11/h2-4,6H,5H2,1H3. The van der Waals surface area contributed by atoms with Crippen LogP contribution in [0, 0.1) is 6.92 Å². The average Bonchev–Trinajstić information content (AvgIpc) is 2.63. The van der Waals surface area contributed by atoms with Gasteiger partial charge in [-0.05, 0) is 6.92 Å². The molecule has 0 amide bonds. The fourth-order valence-electron chi connectivity index (χ4n) is 1.06. The molecule has 2 aromatic rings. The minimum absolute atomic E-state index is 0.720. The van der Waals surface area contributed by atoms with Crippen LogP contribution in [0.15, 0.2) is 29.3 Å². The highest BCUT2D eigenvalue weighted by atomic mass is 16.5. The molecule has 2 aromatic heterocycles. The topological polar surface area (TPSA) is 43.9 Å². The van der Waals surface area contributed by atoms with E-state index >= 15 is 0 Å². The Kier molecular flexibility index (Phi) is 1.66. The van der Waals surface area contributed by atoms with Crippen LogP contribution in [-0.2, 0) is 6.54 Å². The van der Waals surface area contributed by atoms with Gasteiger partial charge in [0.2, 0.25) is 0 Å². The van der Waals surface area contributed by atoms with E-state index in [1.54, 1.807) is 12.5 Å². The van der Waals surface area contributed by atoms with E-state index in [4.69, 9.17) is 4.52 Å². The van der Waals surface area contributed by atoms with Gasteiger partial charge in [-0.15, -0.1) is 0 Å². The van der Waals surface area contributed by atoms with Crippen LogP contribution in [0.2, 0.25) is 0 Å². The highest BCUT2D eigenvalue weighted by molar-refractivity contribution is 5.04. The first-order valence-electron chi connectivity index (χ1n) is 3.72. The van der Waals surface area contributed by atoms with Gasteiger partial charge in [-0.1, -0.05) is 5.16 Å².